The van der Waals surface area contributed by atoms with Gasteiger partial charge in [0.25, 0.3) is 5.91 Å². The van der Waals surface area contributed by atoms with Crippen LogP contribution in [-0.4, -0.2) is 17.6 Å². The fourth-order valence-electron chi connectivity index (χ4n) is 4.11. The molecule has 3 aromatic rings. The van der Waals surface area contributed by atoms with E-state index in [0.29, 0.717) is 21.8 Å². The van der Waals surface area contributed by atoms with Crippen molar-refractivity contribution in [3.63, 3.8) is 0 Å². The first-order chi connectivity index (χ1) is 14.9. The number of hydrogen-bond donors (Lipinski definition) is 2. The van der Waals surface area contributed by atoms with Crippen molar-refractivity contribution < 1.29 is 49.0 Å². The van der Waals surface area contributed by atoms with Crippen molar-refractivity contribution in [2.24, 2.45) is 0 Å². The second-order valence-electron chi connectivity index (χ2n) is 8.03. The summed E-state index contributed by atoms with van der Waals surface area (Å²) in [5.74, 6) is -1.93. The van der Waals surface area contributed by atoms with Crippen LogP contribution in [0.4, 0.5) is 10.1 Å². The molecule has 0 saturated heterocycles. The van der Waals surface area contributed by atoms with Gasteiger partial charge in [-0.1, -0.05) is 59.8 Å². The second kappa shape index (κ2) is 8.65. The number of aliphatic hydroxyl groups is 1. The summed E-state index contributed by atoms with van der Waals surface area (Å²) in [6.45, 7) is 0.121. The summed E-state index contributed by atoms with van der Waals surface area (Å²) in [6, 6.07) is 16.7. The zero-order chi connectivity index (χ0) is 21.8. The first kappa shape index (κ1) is 23.0. The van der Waals surface area contributed by atoms with Crippen LogP contribution in [0.1, 0.15) is 29.5 Å². The van der Waals surface area contributed by atoms with E-state index in [2.05, 4.69) is 5.32 Å². The Morgan fingerprint density at radius 3 is 2.41 bits per heavy atom. The van der Waals surface area contributed by atoms with Crippen LogP contribution in [0.15, 0.2) is 60.7 Å². The fraction of sp³-hybridized carbons (Fsp3) is 0.160. The van der Waals surface area contributed by atoms with Crippen molar-refractivity contribution in [1.29, 1.82) is 0 Å². The number of nitrogens with one attached hydrogen (secondary N) is 1. The number of carbonyl (C=O) groups is 1. The Morgan fingerprint density at radius 1 is 1.09 bits per heavy atom. The summed E-state index contributed by atoms with van der Waals surface area (Å²) in [5, 5.41) is 25.7. The van der Waals surface area contributed by atoms with E-state index in [1.807, 2.05) is 24.3 Å². The minimum absolute atomic E-state index is 0. The second-order valence-corrected chi connectivity index (χ2v) is 8.44. The van der Waals surface area contributed by atoms with Crippen molar-refractivity contribution in [2.75, 3.05) is 11.9 Å². The van der Waals surface area contributed by atoms with E-state index in [1.54, 1.807) is 18.2 Å². The van der Waals surface area contributed by atoms with Crippen LogP contribution in [-0.2, 0) is 10.2 Å². The molecule has 1 heterocycles. The smallest absolute Gasteiger partial charge is 0.871 e. The van der Waals surface area contributed by atoms with Gasteiger partial charge in [0.05, 0.1) is 17.3 Å². The average molecular weight is 458 g/mol. The molecule has 0 spiro atoms. The summed E-state index contributed by atoms with van der Waals surface area (Å²) in [4.78, 5) is 12.6. The number of carbonyl (C=O) groups excluding carboxylic acids is 1. The Morgan fingerprint density at radius 2 is 1.78 bits per heavy atom. The average Bonchev–Trinajstić information content (AvgIpc) is 3.50. The van der Waals surface area contributed by atoms with Gasteiger partial charge < -0.3 is 15.5 Å². The molecule has 32 heavy (non-hydrogen) atoms. The van der Waals surface area contributed by atoms with Gasteiger partial charge in [-0.05, 0) is 42.2 Å². The van der Waals surface area contributed by atoms with Gasteiger partial charge in [-0.25, -0.2) is 4.39 Å². The summed E-state index contributed by atoms with van der Waals surface area (Å²) < 4.78 is 14.2. The molecule has 0 radical (unpaired) electrons. The Bertz CT molecular complexity index is 1250. The number of hydrogen-bond acceptors (Lipinski definition) is 3. The molecule has 1 aliphatic heterocycles. The van der Waals surface area contributed by atoms with Crippen molar-refractivity contribution in [1.82, 2.24) is 0 Å². The third kappa shape index (κ3) is 3.78. The maximum Gasteiger partial charge on any atom is 1.00 e. The summed E-state index contributed by atoms with van der Waals surface area (Å²) in [7, 11) is 0. The van der Waals surface area contributed by atoms with E-state index >= 15 is 0 Å². The quantitative estimate of drug-likeness (QED) is 0.353. The fourth-order valence-corrected chi connectivity index (χ4v) is 4.38. The van der Waals surface area contributed by atoms with Gasteiger partial charge in [0.15, 0.2) is 0 Å². The van der Waals surface area contributed by atoms with Crippen molar-refractivity contribution >= 4 is 34.5 Å². The van der Waals surface area contributed by atoms with Gasteiger partial charge >= 0.3 is 29.6 Å². The van der Waals surface area contributed by atoms with Crippen LogP contribution < -0.4 is 40.0 Å². The van der Waals surface area contributed by atoms with Gasteiger partial charge in [-0.3, -0.25) is 4.79 Å². The van der Waals surface area contributed by atoms with Gasteiger partial charge in [0, 0.05) is 27.7 Å². The zero-order valence-corrected chi connectivity index (χ0v) is 20.2. The number of anilines is 1. The molecule has 2 aliphatic rings. The number of aliphatic hydroxyl groups excluding tert-OH is 1. The van der Waals surface area contributed by atoms with E-state index in [9.17, 15) is 19.4 Å². The van der Waals surface area contributed by atoms with E-state index < -0.39 is 17.5 Å². The first-order valence-electron chi connectivity index (χ1n) is 9.97. The number of amides is 1. The van der Waals surface area contributed by atoms with Gasteiger partial charge in [-0.2, -0.15) is 0 Å². The third-order valence-electron chi connectivity index (χ3n) is 6.16. The molecule has 0 aromatic heterocycles. The van der Waals surface area contributed by atoms with Crippen LogP contribution >= 0.6 is 11.6 Å². The van der Waals surface area contributed by atoms with Crippen LogP contribution in [0.3, 0.4) is 0 Å². The van der Waals surface area contributed by atoms with Gasteiger partial charge in [0.2, 0.25) is 0 Å². The molecule has 0 bridgehead atoms. The first-order valence-corrected chi connectivity index (χ1v) is 10.3. The maximum absolute atomic E-state index is 14.2. The number of benzene rings is 3. The van der Waals surface area contributed by atoms with Crippen molar-refractivity contribution in [3.05, 3.63) is 88.2 Å². The van der Waals surface area contributed by atoms with Gasteiger partial charge in [0.1, 0.15) is 5.82 Å². The number of fused-ring (bicyclic) bond motifs is 1. The predicted molar refractivity (Wildman–Crippen MR) is 117 cm³/mol. The number of rotatable bonds is 4. The van der Waals surface area contributed by atoms with E-state index in [4.69, 9.17) is 11.6 Å². The molecule has 156 valence electrons. The van der Waals surface area contributed by atoms with Crippen LogP contribution in [0.2, 0.25) is 5.02 Å². The largest absolute Gasteiger partial charge is 1.00 e. The molecule has 1 amide bonds. The Labute approximate surface area is 212 Å². The molecule has 5 rings (SSSR count). The molecule has 0 atom stereocenters. The molecular weight excluding hydrogens is 440 g/mol. The molecule has 1 saturated carbocycles. The third-order valence-corrected chi connectivity index (χ3v) is 6.47. The maximum atomic E-state index is 14.2. The van der Waals surface area contributed by atoms with E-state index in [1.165, 1.54) is 18.2 Å². The molecule has 0 unspecified atom stereocenters. The molecule has 1 aliphatic carbocycles. The SMILES string of the molecule is O=C1Nc2cc(Cl)c(-c3ccc(C4(CO)CC4)cc3)cc2C1=C([O-])c1ccccc1F.[Na+]. The molecule has 3 aromatic carbocycles. The summed E-state index contributed by atoms with van der Waals surface area (Å²) in [5.41, 5.74) is 2.99. The summed E-state index contributed by atoms with van der Waals surface area (Å²) >= 11 is 6.48. The Balaban J connectivity index is 0.00000245. The standard InChI is InChI=1S/C25H19ClFNO3.Na/c26-19-12-21-18(22(24(31)28-21)23(30)16-3-1-2-4-20(16)27)11-17(19)14-5-7-15(8-6-14)25(13-29)9-10-25;/h1-8,11-12,29-30H,9-10,13H2,(H,28,31);/q;+1/p-1. The molecule has 2 N–H and O–H groups in total. The van der Waals surface area contributed by atoms with E-state index in [0.717, 1.165) is 24.0 Å². The normalized spacial score (nSPS) is 17.3. The predicted octanol–water partition coefficient (Wildman–Crippen LogP) is 1.35. The number of halogens is 2. The Hall–Kier alpha value is -2.15. The molecule has 4 nitrogen and oxygen atoms in total. The molecule has 7 heteroatoms. The minimum atomic E-state index is -0.677. The monoisotopic (exact) mass is 457 g/mol. The minimum Gasteiger partial charge on any atom is -0.871 e. The summed E-state index contributed by atoms with van der Waals surface area (Å²) in [6.07, 6.45) is 1.93. The van der Waals surface area contributed by atoms with Crippen molar-refractivity contribution in [2.45, 2.75) is 18.3 Å². The topological polar surface area (TPSA) is 72.4 Å². The molecular formula is C25H18ClFNNaO3. The van der Waals surface area contributed by atoms with Crippen LogP contribution in [0.25, 0.3) is 22.5 Å². The van der Waals surface area contributed by atoms with Crippen LogP contribution in [0, 0.1) is 5.82 Å². The molecule has 1 fully saturated rings. The van der Waals surface area contributed by atoms with Crippen LogP contribution in [0.5, 0.6) is 0 Å². The zero-order valence-electron chi connectivity index (χ0n) is 17.4. The Kier molecular flexibility index (Phi) is 6.23. The van der Waals surface area contributed by atoms with E-state index in [-0.39, 0.29) is 52.7 Å². The van der Waals surface area contributed by atoms with Crippen molar-refractivity contribution in [3.8, 4) is 11.1 Å². The van der Waals surface area contributed by atoms with Gasteiger partial charge in [-0.15, -0.1) is 0 Å².